The van der Waals surface area contributed by atoms with E-state index < -0.39 is 6.16 Å². The molecular weight excluding hydrogens is 164 g/mol. The lowest BCUT2D eigenvalue weighted by Crippen LogP contribution is -2.00. The van der Waals surface area contributed by atoms with Crippen molar-refractivity contribution in [2.45, 2.75) is 19.8 Å². The molecule has 0 bridgehead atoms. The van der Waals surface area contributed by atoms with Crippen LogP contribution in [-0.4, -0.2) is 41.3 Å². The molecule has 0 aromatic carbocycles. The van der Waals surface area contributed by atoms with Crippen LogP contribution in [0.4, 0.5) is 4.79 Å². The van der Waals surface area contributed by atoms with Crippen LogP contribution in [0.1, 0.15) is 19.8 Å². The summed E-state index contributed by atoms with van der Waals surface area (Å²) < 4.78 is 4.20. The van der Waals surface area contributed by atoms with Crippen LogP contribution < -0.4 is 0 Å². The number of ether oxygens (including phenoxy) is 1. The van der Waals surface area contributed by atoms with E-state index in [-0.39, 0.29) is 13.2 Å². The van der Waals surface area contributed by atoms with Crippen LogP contribution in [0.5, 0.6) is 0 Å². The second-order valence-electron chi connectivity index (χ2n) is 1.92. The van der Waals surface area contributed by atoms with Crippen molar-refractivity contribution < 1.29 is 24.9 Å². The molecule has 0 saturated heterocycles. The highest BCUT2D eigenvalue weighted by atomic mass is 16.7. The molecule has 5 nitrogen and oxygen atoms in total. The van der Waals surface area contributed by atoms with Crippen LogP contribution >= 0.6 is 0 Å². The Balaban J connectivity index is 0. The third kappa shape index (κ3) is 22.9. The summed E-state index contributed by atoms with van der Waals surface area (Å²) in [5, 5.41) is 23.2. The van der Waals surface area contributed by atoms with E-state index >= 15 is 0 Å². The van der Waals surface area contributed by atoms with E-state index in [0.717, 1.165) is 12.8 Å². The van der Waals surface area contributed by atoms with Crippen molar-refractivity contribution in [2.24, 2.45) is 0 Å². The molecule has 0 aliphatic carbocycles. The van der Waals surface area contributed by atoms with E-state index in [1.165, 1.54) is 0 Å². The minimum atomic E-state index is -1.18. The van der Waals surface area contributed by atoms with Crippen LogP contribution in [0, 0.1) is 0 Å². The average Bonchev–Trinajstić information content (AvgIpc) is 2.05. The summed E-state index contributed by atoms with van der Waals surface area (Å²) in [6.07, 6.45) is 0.595. The maximum Gasteiger partial charge on any atom is 0.505 e. The Morgan fingerprint density at radius 3 is 2.08 bits per heavy atom. The van der Waals surface area contributed by atoms with Gasteiger partial charge in [0.2, 0.25) is 0 Å². The van der Waals surface area contributed by atoms with Crippen LogP contribution in [0.3, 0.4) is 0 Å². The number of carbonyl (C=O) groups is 1. The van der Waals surface area contributed by atoms with Gasteiger partial charge in [0.05, 0.1) is 19.8 Å². The molecule has 74 valence electrons. The molecule has 0 aliphatic heterocycles. The highest BCUT2D eigenvalue weighted by molar-refractivity contribution is 5.56. The minimum absolute atomic E-state index is 0.125. The molecule has 0 unspecified atom stereocenters. The third-order valence-corrected chi connectivity index (χ3v) is 0.823. The number of aliphatic hydroxyl groups is 2. The second-order valence-corrected chi connectivity index (χ2v) is 1.92. The van der Waals surface area contributed by atoms with Gasteiger partial charge in [0.1, 0.15) is 0 Å². The van der Waals surface area contributed by atoms with E-state index in [1.807, 2.05) is 6.92 Å². The Morgan fingerprint density at radius 1 is 1.33 bits per heavy atom. The minimum Gasteiger partial charge on any atom is -0.450 e. The molecule has 0 amide bonds. The fourth-order valence-corrected chi connectivity index (χ4v) is 0.304. The van der Waals surface area contributed by atoms with Crippen molar-refractivity contribution in [1.29, 1.82) is 0 Å². The zero-order valence-electron chi connectivity index (χ0n) is 7.19. The Morgan fingerprint density at radius 2 is 1.83 bits per heavy atom. The van der Waals surface area contributed by atoms with Crippen LogP contribution in [0.2, 0.25) is 0 Å². The van der Waals surface area contributed by atoms with Gasteiger partial charge in [0.15, 0.2) is 0 Å². The molecule has 0 radical (unpaired) electrons. The zero-order chi connectivity index (χ0) is 9.82. The van der Waals surface area contributed by atoms with E-state index in [4.69, 9.17) is 15.3 Å². The highest BCUT2D eigenvalue weighted by Crippen LogP contribution is 1.86. The van der Waals surface area contributed by atoms with Gasteiger partial charge in [0.25, 0.3) is 0 Å². The summed E-state index contributed by atoms with van der Waals surface area (Å²) in [6, 6.07) is 0. The van der Waals surface area contributed by atoms with E-state index in [0.29, 0.717) is 6.61 Å². The lowest BCUT2D eigenvalue weighted by atomic mass is 10.4. The summed E-state index contributed by atoms with van der Waals surface area (Å²) in [7, 11) is 0. The highest BCUT2D eigenvalue weighted by Gasteiger charge is 1.91. The molecule has 12 heavy (non-hydrogen) atoms. The van der Waals surface area contributed by atoms with E-state index in [9.17, 15) is 4.79 Å². The fraction of sp³-hybridized carbons (Fsp3) is 0.857. The average molecular weight is 180 g/mol. The molecule has 0 saturated carbocycles. The molecule has 0 spiro atoms. The van der Waals surface area contributed by atoms with Gasteiger partial charge in [-0.1, -0.05) is 13.3 Å². The Kier molecular flexibility index (Phi) is 14.7. The van der Waals surface area contributed by atoms with Crippen LogP contribution in [-0.2, 0) is 4.74 Å². The maximum absolute atomic E-state index is 9.65. The van der Waals surface area contributed by atoms with Gasteiger partial charge in [-0.2, -0.15) is 0 Å². The van der Waals surface area contributed by atoms with Gasteiger partial charge in [-0.25, -0.2) is 4.79 Å². The Bertz CT molecular complexity index is 91.8. The van der Waals surface area contributed by atoms with Crippen molar-refractivity contribution in [3.05, 3.63) is 0 Å². The lowest BCUT2D eigenvalue weighted by Gasteiger charge is -1.94. The van der Waals surface area contributed by atoms with E-state index in [2.05, 4.69) is 4.74 Å². The molecule has 0 heterocycles. The van der Waals surface area contributed by atoms with Gasteiger partial charge >= 0.3 is 6.16 Å². The fourth-order valence-electron chi connectivity index (χ4n) is 0.304. The largest absolute Gasteiger partial charge is 0.505 e. The molecule has 0 fully saturated rings. The first kappa shape index (κ1) is 13.8. The number of hydrogen-bond donors (Lipinski definition) is 3. The van der Waals surface area contributed by atoms with Gasteiger partial charge in [-0.3, -0.25) is 0 Å². The van der Waals surface area contributed by atoms with Crippen molar-refractivity contribution in [2.75, 3.05) is 19.8 Å². The van der Waals surface area contributed by atoms with Crippen molar-refractivity contribution in [3.8, 4) is 0 Å². The van der Waals surface area contributed by atoms with Crippen molar-refractivity contribution in [3.63, 3.8) is 0 Å². The Labute approximate surface area is 71.6 Å². The maximum atomic E-state index is 9.65. The summed E-state index contributed by atoms with van der Waals surface area (Å²) in [6.45, 7) is 2.05. The van der Waals surface area contributed by atoms with Crippen LogP contribution in [0.15, 0.2) is 0 Å². The van der Waals surface area contributed by atoms with Crippen molar-refractivity contribution in [1.82, 2.24) is 0 Å². The lowest BCUT2D eigenvalue weighted by molar-refractivity contribution is 0.0905. The summed E-state index contributed by atoms with van der Waals surface area (Å²) in [4.78, 5) is 9.65. The molecule has 0 aromatic rings. The normalized spacial score (nSPS) is 8.25. The van der Waals surface area contributed by atoms with Gasteiger partial charge < -0.3 is 20.1 Å². The molecule has 3 N–H and O–H groups in total. The predicted molar refractivity (Wildman–Crippen MR) is 43.1 cm³/mol. The van der Waals surface area contributed by atoms with E-state index in [1.54, 1.807) is 0 Å². The topological polar surface area (TPSA) is 87.0 Å². The van der Waals surface area contributed by atoms with Gasteiger partial charge in [-0.05, 0) is 6.42 Å². The number of rotatable bonds is 4. The summed E-state index contributed by atoms with van der Waals surface area (Å²) >= 11 is 0. The number of carboxylic acid groups (broad SMARTS) is 1. The molecular formula is C7H16O5. The van der Waals surface area contributed by atoms with Crippen molar-refractivity contribution >= 4 is 6.16 Å². The zero-order valence-corrected chi connectivity index (χ0v) is 7.19. The standard InChI is InChI=1S/C5H10O3.C2H6O2/c1-2-3-4-8-5(6)7;3-1-2-4/h2-4H2,1H3,(H,6,7);3-4H,1-2H2. The predicted octanol–water partition coefficient (Wildman–Crippen LogP) is 0.452. The molecule has 0 atom stereocenters. The summed E-state index contributed by atoms with van der Waals surface area (Å²) in [5.41, 5.74) is 0. The summed E-state index contributed by atoms with van der Waals surface area (Å²) in [5.74, 6) is 0. The smallest absolute Gasteiger partial charge is 0.450 e. The number of unbranched alkanes of at least 4 members (excludes halogenated alkanes) is 1. The molecule has 0 aliphatic rings. The van der Waals surface area contributed by atoms with Crippen LogP contribution in [0.25, 0.3) is 0 Å². The van der Waals surface area contributed by atoms with Gasteiger partial charge in [-0.15, -0.1) is 0 Å². The molecule has 0 aromatic heterocycles. The first-order valence-electron chi connectivity index (χ1n) is 3.76. The quantitative estimate of drug-likeness (QED) is 0.432. The number of hydrogen-bond acceptors (Lipinski definition) is 4. The third-order valence-electron chi connectivity index (χ3n) is 0.823. The molecule has 5 heteroatoms. The first-order valence-corrected chi connectivity index (χ1v) is 3.76. The monoisotopic (exact) mass is 180 g/mol. The van der Waals surface area contributed by atoms with Gasteiger partial charge in [0, 0.05) is 0 Å². The SMILES string of the molecule is CCCCOC(=O)O.OCCO. The Hall–Kier alpha value is -0.810. The number of aliphatic hydroxyl groups excluding tert-OH is 2. The first-order chi connectivity index (χ1) is 5.68. The second kappa shape index (κ2) is 12.8. The molecule has 0 rings (SSSR count).